The summed E-state index contributed by atoms with van der Waals surface area (Å²) in [5, 5.41) is 0. The summed E-state index contributed by atoms with van der Waals surface area (Å²) in [6.07, 6.45) is 10.5. The molecule has 32 heavy (non-hydrogen) atoms. The third-order valence-electron chi connectivity index (χ3n) is 6.30. The summed E-state index contributed by atoms with van der Waals surface area (Å²) in [6.45, 7) is 0.406. The Morgan fingerprint density at radius 1 is 0.656 bits per heavy atom. The van der Waals surface area contributed by atoms with Crippen LogP contribution in [0.4, 0.5) is 0 Å². The highest BCUT2D eigenvalue weighted by atomic mass is 16.7. The zero-order valence-electron chi connectivity index (χ0n) is 17.7. The molecule has 0 spiro atoms. The van der Waals surface area contributed by atoms with E-state index in [0.717, 1.165) is 30.4 Å². The minimum atomic E-state index is -1.00. The first-order chi connectivity index (χ1) is 15.6. The zero-order chi connectivity index (χ0) is 22.0. The van der Waals surface area contributed by atoms with Crippen molar-refractivity contribution in [2.75, 3.05) is 13.6 Å². The minimum absolute atomic E-state index is 0.143. The normalized spacial score (nSPS) is 18.4. The van der Waals surface area contributed by atoms with Gasteiger partial charge in [0.25, 0.3) is 0 Å². The predicted octanol–water partition coefficient (Wildman–Crippen LogP) is 4.96. The number of benzene rings is 2. The van der Waals surface area contributed by atoms with Gasteiger partial charge in [-0.3, -0.25) is 9.59 Å². The predicted molar refractivity (Wildman–Crippen MR) is 119 cm³/mol. The van der Waals surface area contributed by atoms with Gasteiger partial charge in [0.05, 0.1) is 5.41 Å². The van der Waals surface area contributed by atoms with Gasteiger partial charge in [-0.2, -0.15) is 0 Å². The van der Waals surface area contributed by atoms with Gasteiger partial charge in [-0.25, -0.2) is 0 Å². The summed E-state index contributed by atoms with van der Waals surface area (Å²) in [5.74, 6) is 2.43. The van der Waals surface area contributed by atoms with Crippen LogP contribution in [0.15, 0.2) is 48.6 Å². The van der Waals surface area contributed by atoms with Crippen molar-refractivity contribution in [3.8, 4) is 23.0 Å². The molecule has 5 rings (SSSR count). The molecule has 2 aliphatic heterocycles. The van der Waals surface area contributed by atoms with E-state index < -0.39 is 5.41 Å². The van der Waals surface area contributed by atoms with Crippen LogP contribution >= 0.6 is 0 Å². The summed E-state index contributed by atoms with van der Waals surface area (Å²) < 4.78 is 21.5. The molecule has 6 heteroatoms. The number of carbonyl (C=O) groups excluding carboxylic acids is 2. The van der Waals surface area contributed by atoms with Gasteiger partial charge in [0.2, 0.25) is 13.6 Å². The number of hydrogen-bond acceptors (Lipinski definition) is 6. The number of carbonyl (C=O) groups is 2. The van der Waals surface area contributed by atoms with E-state index in [1.54, 1.807) is 12.2 Å². The molecule has 0 amide bonds. The summed E-state index contributed by atoms with van der Waals surface area (Å²) in [7, 11) is 0. The fraction of sp³-hybridized carbons (Fsp3) is 0.308. The van der Waals surface area contributed by atoms with E-state index in [9.17, 15) is 9.59 Å². The topological polar surface area (TPSA) is 71.1 Å². The number of ether oxygens (including phenoxy) is 4. The Balaban J connectivity index is 1.35. The zero-order valence-corrected chi connectivity index (χ0v) is 17.7. The highest BCUT2D eigenvalue weighted by Gasteiger charge is 2.43. The molecule has 6 nitrogen and oxygen atoms in total. The molecule has 0 aromatic heterocycles. The van der Waals surface area contributed by atoms with Crippen LogP contribution < -0.4 is 18.9 Å². The Kier molecular flexibility index (Phi) is 5.43. The first kappa shape index (κ1) is 20.4. The smallest absolute Gasteiger partial charge is 0.231 e. The van der Waals surface area contributed by atoms with Crippen LogP contribution in [0.5, 0.6) is 23.0 Å². The van der Waals surface area contributed by atoms with Gasteiger partial charge in [0.1, 0.15) is 0 Å². The average molecular weight is 432 g/mol. The largest absolute Gasteiger partial charge is 0.454 e. The lowest BCUT2D eigenvalue weighted by molar-refractivity contribution is -0.137. The number of allylic oxidation sites excluding steroid dienone is 2. The second kappa shape index (κ2) is 8.54. The van der Waals surface area contributed by atoms with Crippen LogP contribution in [-0.4, -0.2) is 25.2 Å². The third kappa shape index (κ3) is 3.88. The second-order valence-electron chi connectivity index (χ2n) is 8.26. The SMILES string of the molecule is O=C(/C=C/c1ccc2c(c1)OCO2)C1(C(=O)/C=C/c2ccc3c(c2)OCO3)CCCCC1. The van der Waals surface area contributed by atoms with E-state index in [-0.39, 0.29) is 25.2 Å². The van der Waals surface area contributed by atoms with Gasteiger partial charge in [-0.15, -0.1) is 0 Å². The van der Waals surface area contributed by atoms with Crippen LogP contribution in [0.1, 0.15) is 43.2 Å². The Bertz CT molecular complexity index is 1030. The summed E-state index contributed by atoms with van der Waals surface area (Å²) >= 11 is 0. The quantitative estimate of drug-likeness (QED) is 0.475. The molecule has 2 aromatic rings. The Labute approximate surface area is 186 Å². The monoisotopic (exact) mass is 432 g/mol. The maximum absolute atomic E-state index is 13.3. The van der Waals surface area contributed by atoms with Crippen molar-refractivity contribution in [2.45, 2.75) is 32.1 Å². The van der Waals surface area contributed by atoms with E-state index in [1.165, 1.54) is 12.2 Å². The van der Waals surface area contributed by atoms with Crippen LogP contribution in [-0.2, 0) is 9.59 Å². The first-order valence-electron chi connectivity index (χ1n) is 10.9. The van der Waals surface area contributed by atoms with Crippen molar-refractivity contribution in [2.24, 2.45) is 5.41 Å². The van der Waals surface area contributed by atoms with Crippen molar-refractivity contribution in [3.63, 3.8) is 0 Å². The van der Waals surface area contributed by atoms with Crippen molar-refractivity contribution in [1.29, 1.82) is 0 Å². The summed E-state index contributed by atoms with van der Waals surface area (Å²) in [6, 6.07) is 11.0. The van der Waals surface area contributed by atoms with E-state index in [2.05, 4.69) is 0 Å². The Morgan fingerprint density at radius 3 is 1.62 bits per heavy atom. The highest BCUT2D eigenvalue weighted by Crippen LogP contribution is 2.40. The van der Waals surface area contributed by atoms with E-state index >= 15 is 0 Å². The number of rotatable bonds is 6. The van der Waals surface area contributed by atoms with Crippen LogP contribution in [0.25, 0.3) is 12.2 Å². The molecule has 3 aliphatic rings. The number of fused-ring (bicyclic) bond motifs is 2. The van der Waals surface area contributed by atoms with Crippen LogP contribution in [0.2, 0.25) is 0 Å². The molecular formula is C26H24O6. The molecule has 164 valence electrons. The maximum Gasteiger partial charge on any atom is 0.231 e. The van der Waals surface area contributed by atoms with E-state index in [1.807, 2.05) is 36.4 Å². The van der Waals surface area contributed by atoms with E-state index in [4.69, 9.17) is 18.9 Å². The van der Waals surface area contributed by atoms with Gasteiger partial charge in [-0.1, -0.05) is 43.5 Å². The van der Waals surface area contributed by atoms with Crippen molar-refractivity contribution < 1.29 is 28.5 Å². The van der Waals surface area contributed by atoms with Crippen molar-refractivity contribution in [1.82, 2.24) is 0 Å². The number of ketones is 2. The Hall–Kier alpha value is -3.54. The molecule has 1 saturated carbocycles. The van der Waals surface area contributed by atoms with Gasteiger partial charge < -0.3 is 18.9 Å². The van der Waals surface area contributed by atoms with Crippen LogP contribution in [0, 0.1) is 5.41 Å². The lowest BCUT2D eigenvalue weighted by Crippen LogP contribution is -2.39. The van der Waals surface area contributed by atoms with Gasteiger partial charge >= 0.3 is 0 Å². The Morgan fingerprint density at radius 2 is 1.12 bits per heavy atom. The van der Waals surface area contributed by atoms with Crippen molar-refractivity contribution in [3.05, 3.63) is 59.7 Å². The molecule has 0 N–H and O–H groups in total. The van der Waals surface area contributed by atoms with Crippen LogP contribution in [0.3, 0.4) is 0 Å². The van der Waals surface area contributed by atoms with Gasteiger partial charge in [0, 0.05) is 0 Å². The van der Waals surface area contributed by atoms with E-state index in [0.29, 0.717) is 35.8 Å². The molecule has 0 unspecified atom stereocenters. The highest BCUT2D eigenvalue weighted by molar-refractivity contribution is 6.17. The standard InChI is InChI=1S/C26H24O6/c27-24(10-6-18-4-8-20-22(14-18)31-16-29-20)26(12-2-1-3-13-26)25(28)11-7-19-5-9-21-23(15-19)32-17-30-21/h4-11,14-15H,1-3,12-13,16-17H2/b10-6+,11-7+. The maximum atomic E-state index is 13.3. The second-order valence-corrected chi connectivity index (χ2v) is 8.26. The molecule has 1 aliphatic carbocycles. The minimum Gasteiger partial charge on any atom is -0.454 e. The van der Waals surface area contributed by atoms with Gasteiger partial charge in [-0.05, 0) is 60.4 Å². The molecule has 0 bridgehead atoms. The first-order valence-corrected chi connectivity index (χ1v) is 10.9. The molecule has 0 radical (unpaired) electrons. The third-order valence-corrected chi connectivity index (χ3v) is 6.30. The molecular weight excluding hydrogens is 408 g/mol. The molecule has 2 aromatic carbocycles. The summed E-state index contributed by atoms with van der Waals surface area (Å²) in [5.41, 5.74) is 0.659. The average Bonchev–Trinajstić information content (AvgIpc) is 3.49. The van der Waals surface area contributed by atoms with Gasteiger partial charge in [0.15, 0.2) is 34.6 Å². The lowest BCUT2D eigenvalue weighted by Gasteiger charge is -2.32. The molecule has 1 fully saturated rings. The number of hydrogen-bond donors (Lipinski definition) is 0. The van der Waals surface area contributed by atoms with Crippen molar-refractivity contribution >= 4 is 23.7 Å². The molecule has 0 atom stereocenters. The fourth-order valence-corrected chi connectivity index (χ4v) is 4.47. The lowest BCUT2D eigenvalue weighted by atomic mass is 9.68. The summed E-state index contributed by atoms with van der Waals surface area (Å²) in [4.78, 5) is 26.6. The molecule has 0 saturated heterocycles. The molecule has 2 heterocycles. The fourth-order valence-electron chi connectivity index (χ4n) is 4.47.